The topological polar surface area (TPSA) is 140 Å². The summed E-state index contributed by atoms with van der Waals surface area (Å²) < 4.78 is 12.0. The van der Waals surface area contributed by atoms with Crippen LogP contribution in [0.15, 0.2) is 25.2 Å². The van der Waals surface area contributed by atoms with E-state index in [0.717, 1.165) is 30.6 Å². The fraction of sp³-hybridized carbons (Fsp3) is 0.735. The number of amides is 2. The van der Waals surface area contributed by atoms with Crippen LogP contribution in [-0.4, -0.2) is 79.9 Å². The maximum atomic E-state index is 14.1. The molecule has 0 aromatic carbocycles. The minimum Gasteiger partial charge on any atom is -0.453 e. The normalized spacial score (nSPS) is 17.1. The molecule has 1 fully saturated rings. The molecule has 2 N–H and O–H groups in total. The number of allylic oxidation sites excluding steroid dienone is 1. The van der Waals surface area contributed by atoms with Gasteiger partial charge in [-0.2, -0.15) is 0 Å². The molecule has 2 amide bonds. The summed E-state index contributed by atoms with van der Waals surface area (Å²) in [6.07, 6.45) is 9.26. The first-order chi connectivity index (χ1) is 20.8. The van der Waals surface area contributed by atoms with E-state index < -0.39 is 53.3 Å². The highest BCUT2D eigenvalue weighted by Gasteiger charge is 2.37. The maximum Gasteiger partial charge on any atom is 0.420 e. The van der Waals surface area contributed by atoms with Gasteiger partial charge in [-0.15, -0.1) is 6.58 Å². The second kappa shape index (κ2) is 16.4. The van der Waals surface area contributed by atoms with Crippen LogP contribution in [0, 0.1) is 17.8 Å². The number of ether oxygens (including phenoxy) is 2. The van der Waals surface area contributed by atoms with Crippen LogP contribution in [0.1, 0.15) is 106 Å². The average Bonchev–Trinajstić information content (AvgIpc) is 3.40. The smallest absolute Gasteiger partial charge is 0.420 e. The van der Waals surface area contributed by atoms with Crippen molar-refractivity contribution in [1.29, 1.82) is 0 Å². The van der Waals surface area contributed by atoms with Crippen molar-refractivity contribution in [3.05, 3.63) is 30.9 Å². The molecule has 4 atom stereocenters. The van der Waals surface area contributed by atoms with Gasteiger partial charge in [0.1, 0.15) is 23.6 Å². The highest BCUT2D eigenvalue weighted by molar-refractivity contribution is 6.32. The Kier molecular flexibility index (Phi) is 13.8. The second-order valence-electron chi connectivity index (χ2n) is 14.7. The highest BCUT2D eigenvalue weighted by atomic mass is 16.6. The van der Waals surface area contributed by atoms with Gasteiger partial charge in [-0.1, -0.05) is 52.0 Å². The van der Waals surface area contributed by atoms with Gasteiger partial charge < -0.3 is 24.8 Å². The van der Waals surface area contributed by atoms with Gasteiger partial charge in [0.05, 0.1) is 17.8 Å². The molecule has 0 unspecified atom stereocenters. The molecule has 1 saturated carbocycles. The number of carbonyl (C=O) groups excluding carboxylic acids is 4. The SMILES string of the molecule is C=C[C@@H](C[C@H](O)[C@H](CC1CCCCC1)NC(=O)[C@H](Cc1cncn1C(=O)OC(C)(C)C)N(C)C(=O)C(=O)OC(C)(C)C)C(C)C. The molecule has 1 aromatic rings. The van der Waals surface area contributed by atoms with E-state index in [2.05, 4.69) is 30.7 Å². The lowest BCUT2D eigenvalue weighted by atomic mass is 9.81. The Morgan fingerprint density at radius 3 is 2.22 bits per heavy atom. The largest absolute Gasteiger partial charge is 0.453 e. The van der Waals surface area contributed by atoms with Gasteiger partial charge in [0.2, 0.25) is 5.91 Å². The standard InChI is InChI=1S/C34H56N4O7/c1-11-24(22(2)3)18-28(39)26(17-23-15-13-12-14-16-23)36-29(40)27(37(10)30(41)31(42)44-33(4,5)6)19-25-20-35-21-38(25)32(43)45-34(7,8)9/h11,20-24,26-28,39H,1,12-19H2,2-10H3,(H,36,40)/t24-,26-,27-,28-/m0/s1. The molecular weight excluding hydrogens is 576 g/mol. The number of aromatic nitrogens is 2. The van der Waals surface area contributed by atoms with E-state index in [9.17, 15) is 24.3 Å². The summed E-state index contributed by atoms with van der Waals surface area (Å²) in [7, 11) is 1.35. The van der Waals surface area contributed by atoms with Gasteiger partial charge in [0.25, 0.3) is 0 Å². The zero-order valence-corrected chi connectivity index (χ0v) is 28.8. The van der Waals surface area contributed by atoms with Gasteiger partial charge >= 0.3 is 18.0 Å². The van der Waals surface area contributed by atoms with Crippen LogP contribution in [-0.2, 0) is 30.3 Å². The molecule has 0 spiro atoms. The van der Waals surface area contributed by atoms with Crippen molar-refractivity contribution in [2.24, 2.45) is 17.8 Å². The molecule has 2 rings (SSSR count). The lowest BCUT2D eigenvalue weighted by molar-refractivity contribution is -0.168. The van der Waals surface area contributed by atoms with Crippen molar-refractivity contribution in [3.63, 3.8) is 0 Å². The molecule has 0 radical (unpaired) electrons. The first-order valence-electron chi connectivity index (χ1n) is 16.2. The van der Waals surface area contributed by atoms with Crippen LogP contribution in [0.2, 0.25) is 0 Å². The molecule has 1 heterocycles. The molecule has 0 bridgehead atoms. The number of rotatable bonds is 12. The lowest BCUT2D eigenvalue weighted by Crippen LogP contribution is -2.56. The van der Waals surface area contributed by atoms with Crippen molar-refractivity contribution in [3.8, 4) is 0 Å². The predicted molar refractivity (Wildman–Crippen MR) is 172 cm³/mol. The van der Waals surface area contributed by atoms with Crippen molar-refractivity contribution < 1.29 is 33.8 Å². The molecule has 45 heavy (non-hydrogen) atoms. The minimum absolute atomic E-state index is 0.0427. The van der Waals surface area contributed by atoms with E-state index in [1.807, 2.05) is 6.08 Å². The van der Waals surface area contributed by atoms with Crippen molar-refractivity contribution in [1.82, 2.24) is 19.8 Å². The molecule has 1 aliphatic rings. The van der Waals surface area contributed by atoms with Crippen LogP contribution in [0.4, 0.5) is 4.79 Å². The number of nitrogens with one attached hydrogen (secondary N) is 1. The summed E-state index contributed by atoms with van der Waals surface area (Å²) in [6, 6.07) is -1.82. The van der Waals surface area contributed by atoms with Gasteiger partial charge in [0, 0.05) is 19.7 Å². The predicted octanol–water partition coefficient (Wildman–Crippen LogP) is 5.04. The Hall–Kier alpha value is -3.21. The van der Waals surface area contributed by atoms with Crippen molar-refractivity contribution in [2.75, 3.05) is 7.05 Å². The fourth-order valence-electron chi connectivity index (χ4n) is 5.62. The molecular formula is C34H56N4O7. The Morgan fingerprint density at radius 1 is 1.09 bits per heavy atom. The number of aliphatic hydroxyl groups excluding tert-OH is 1. The Bertz CT molecular complexity index is 1160. The van der Waals surface area contributed by atoms with E-state index in [1.54, 1.807) is 41.5 Å². The van der Waals surface area contributed by atoms with Crippen LogP contribution < -0.4 is 5.32 Å². The summed E-state index contributed by atoms with van der Waals surface area (Å²) >= 11 is 0. The summed E-state index contributed by atoms with van der Waals surface area (Å²) in [5, 5.41) is 14.5. The number of carbonyl (C=O) groups is 4. The van der Waals surface area contributed by atoms with E-state index in [1.165, 1.54) is 30.6 Å². The van der Waals surface area contributed by atoms with Gasteiger partial charge in [0.15, 0.2) is 0 Å². The summed E-state index contributed by atoms with van der Waals surface area (Å²) in [5.74, 6) is -2.04. The van der Waals surface area contributed by atoms with Crippen LogP contribution in [0.25, 0.3) is 0 Å². The highest BCUT2D eigenvalue weighted by Crippen LogP contribution is 2.30. The number of nitrogens with zero attached hydrogens (tertiary/aromatic N) is 3. The Morgan fingerprint density at radius 2 is 1.69 bits per heavy atom. The van der Waals surface area contributed by atoms with Crippen molar-refractivity contribution >= 4 is 23.9 Å². The van der Waals surface area contributed by atoms with E-state index in [4.69, 9.17) is 9.47 Å². The Balaban J connectivity index is 2.44. The third-order valence-corrected chi connectivity index (χ3v) is 8.15. The molecule has 1 aromatic heterocycles. The van der Waals surface area contributed by atoms with Gasteiger partial charge in [-0.05, 0) is 72.1 Å². The fourth-order valence-corrected chi connectivity index (χ4v) is 5.62. The van der Waals surface area contributed by atoms with Crippen molar-refractivity contribution in [2.45, 2.75) is 136 Å². The van der Waals surface area contributed by atoms with E-state index in [-0.39, 0.29) is 18.3 Å². The quantitative estimate of drug-likeness (QED) is 0.186. The number of hydrogen-bond donors (Lipinski definition) is 2. The number of imidazole rings is 1. The molecule has 11 heteroatoms. The molecule has 0 saturated heterocycles. The van der Waals surface area contributed by atoms with Gasteiger partial charge in [-0.3, -0.25) is 9.59 Å². The average molecular weight is 633 g/mol. The number of aliphatic hydroxyl groups is 1. The van der Waals surface area contributed by atoms with E-state index in [0.29, 0.717) is 24.5 Å². The third-order valence-electron chi connectivity index (χ3n) is 8.15. The maximum absolute atomic E-state index is 14.1. The summed E-state index contributed by atoms with van der Waals surface area (Å²) in [6.45, 7) is 18.2. The number of esters is 1. The number of hydrogen-bond acceptors (Lipinski definition) is 8. The van der Waals surface area contributed by atoms with E-state index >= 15 is 0 Å². The second-order valence-corrected chi connectivity index (χ2v) is 14.7. The molecule has 11 nitrogen and oxygen atoms in total. The zero-order valence-electron chi connectivity index (χ0n) is 28.8. The Labute approximate surface area is 269 Å². The van der Waals surface area contributed by atoms with Crippen LogP contribution in [0.5, 0.6) is 0 Å². The summed E-state index contributed by atoms with van der Waals surface area (Å²) in [5.41, 5.74) is -1.39. The monoisotopic (exact) mass is 632 g/mol. The van der Waals surface area contributed by atoms with Crippen LogP contribution in [0.3, 0.4) is 0 Å². The summed E-state index contributed by atoms with van der Waals surface area (Å²) in [4.78, 5) is 58.3. The lowest BCUT2D eigenvalue weighted by Gasteiger charge is -2.34. The molecule has 0 aliphatic heterocycles. The van der Waals surface area contributed by atoms with Gasteiger partial charge in [-0.25, -0.2) is 19.1 Å². The first-order valence-corrected chi connectivity index (χ1v) is 16.2. The first kappa shape index (κ1) is 38.0. The molecule has 1 aliphatic carbocycles. The zero-order chi connectivity index (χ0) is 34.1. The minimum atomic E-state index is -1.23. The molecule has 254 valence electrons. The number of likely N-dealkylation sites (N-methyl/N-ethyl adjacent to an activating group) is 1. The van der Waals surface area contributed by atoms with Crippen LogP contribution >= 0.6 is 0 Å². The third kappa shape index (κ3) is 12.2.